The SMILES string of the molecule is CCn1c(=NC(=O)C2CCN(S(=O)(=O)c3ccc(F)cc3)CC2)sc2cc([N+](=O)[O-])ccc21. The van der Waals surface area contributed by atoms with Crippen LogP contribution in [0, 0.1) is 21.8 Å². The summed E-state index contributed by atoms with van der Waals surface area (Å²) in [5, 5.41) is 11.1. The minimum absolute atomic E-state index is 0.0155. The first-order chi connectivity index (χ1) is 15.7. The lowest BCUT2D eigenvalue weighted by Gasteiger charge is -2.29. The van der Waals surface area contributed by atoms with E-state index < -0.39 is 26.7 Å². The Hall–Kier alpha value is -2.96. The Bertz CT molecular complexity index is 1390. The number of sulfonamides is 1. The van der Waals surface area contributed by atoms with Crippen LogP contribution in [0.15, 0.2) is 52.4 Å². The Morgan fingerprint density at radius 3 is 2.48 bits per heavy atom. The molecular weight excluding hydrogens is 471 g/mol. The highest BCUT2D eigenvalue weighted by Gasteiger charge is 2.32. The molecule has 174 valence electrons. The molecule has 0 bridgehead atoms. The summed E-state index contributed by atoms with van der Waals surface area (Å²) in [5.41, 5.74) is 0.736. The fourth-order valence-electron chi connectivity index (χ4n) is 3.85. The molecule has 0 saturated carbocycles. The van der Waals surface area contributed by atoms with Crippen LogP contribution in [0.5, 0.6) is 0 Å². The molecule has 0 spiro atoms. The van der Waals surface area contributed by atoms with Gasteiger partial charge in [0.05, 0.1) is 20.0 Å². The molecule has 0 unspecified atom stereocenters. The first-order valence-corrected chi connectivity index (χ1v) is 12.6. The molecule has 3 aromatic rings. The smallest absolute Gasteiger partial charge is 0.270 e. The monoisotopic (exact) mass is 492 g/mol. The largest absolute Gasteiger partial charge is 0.317 e. The van der Waals surface area contributed by atoms with Gasteiger partial charge in [-0.3, -0.25) is 14.9 Å². The van der Waals surface area contributed by atoms with Gasteiger partial charge in [0.25, 0.3) is 11.6 Å². The summed E-state index contributed by atoms with van der Waals surface area (Å²) in [6, 6.07) is 9.20. The zero-order valence-electron chi connectivity index (χ0n) is 17.7. The van der Waals surface area contributed by atoms with E-state index in [0.29, 0.717) is 28.9 Å². The van der Waals surface area contributed by atoms with Crippen molar-refractivity contribution < 1.29 is 22.5 Å². The molecule has 0 N–H and O–H groups in total. The fraction of sp³-hybridized carbons (Fsp3) is 0.333. The van der Waals surface area contributed by atoms with E-state index in [9.17, 15) is 27.7 Å². The number of carbonyl (C=O) groups excluding carboxylic acids is 1. The lowest BCUT2D eigenvalue weighted by Crippen LogP contribution is -2.40. The number of thiazole rings is 1. The Morgan fingerprint density at radius 2 is 1.88 bits per heavy atom. The molecule has 1 saturated heterocycles. The molecule has 1 fully saturated rings. The average molecular weight is 493 g/mol. The Balaban J connectivity index is 1.53. The van der Waals surface area contributed by atoms with Crippen molar-refractivity contribution in [3.8, 4) is 0 Å². The summed E-state index contributed by atoms with van der Waals surface area (Å²) in [5.74, 6) is -1.27. The molecule has 9 nitrogen and oxygen atoms in total. The number of fused-ring (bicyclic) bond motifs is 1. The Kier molecular flexibility index (Phi) is 6.41. The second-order valence-corrected chi connectivity index (χ2v) is 10.6. The lowest BCUT2D eigenvalue weighted by molar-refractivity contribution is -0.384. The van der Waals surface area contributed by atoms with Gasteiger partial charge in [0, 0.05) is 37.7 Å². The number of benzene rings is 2. The molecule has 1 amide bonds. The maximum absolute atomic E-state index is 13.1. The Labute approximate surface area is 193 Å². The van der Waals surface area contributed by atoms with E-state index in [0.717, 1.165) is 17.6 Å². The van der Waals surface area contributed by atoms with Crippen molar-refractivity contribution in [3.05, 3.63) is 63.2 Å². The number of hydrogen-bond acceptors (Lipinski definition) is 6. The molecular formula is C21H21FN4O5S2. The van der Waals surface area contributed by atoms with Gasteiger partial charge in [0.2, 0.25) is 10.0 Å². The predicted octanol–water partition coefficient (Wildman–Crippen LogP) is 3.30. The number of aromatic nitrogens is 1. The van der Waals surface area contributed by atoms with Gasteiger partial charge in [-0.05, 0) is 50.1 Å². The molecule has 1 aliphatic heterocycles. The molecule has 2 aromatic carbocycles. The second-order valence-electron chi connectivity index (χ2n) is 7.62. The van der Waals surface area contributed by atoms with Crippen molar-refractivity contribution in [1.82, 2.24) is 8.87 Å². The number of aryl methyl sites for hydroxylation is 1. The number of non-ortho nitro benzene ring substituents is 1. The van der Waals surface area contributed by atoms with Gasteiger partial charge >= 0.3 is 0 Å². The minimum atomic E-state index is -3.76. The zero-order valence-corrected chi connectivity index (χ0v) is 19.3. The van der Waals surface area contributed by atoms with E-state index in [1.54, 1.807) is 6.07 Å². The van der Waals surface area contributed by atoms with Crippen LogP contribution in [0.2, 0.25) is 0 Å². The topological polar surface area (TPSA) is 115 Å². The van der Waals surface area contributed by atoms with Crippen molar-refractivity contribution in [2.45, 2.75) is 31.2 Å². The first kappa shape index (κ1) is 23.2. The Morgan fingerprint density at radius 1 is 1.21 bits per heavy atom. The van der Waals surface area contributed by atoms with Gasteiger partial charge in [-0.25, -0.2) is 12.8 Å². The number of carbonyl (C=O) groups is 1. The van der Waals surface area contributed by atoms with Crippen LogP contribution in [0.3, 0.4) is 0 Å². The number of hydrogen-bond donors (Lipinski definition) is 0. The molecule has 2 heterocycles. The van der Waals surface area contributed by atoms with E-state index in [-0.39, 0.29) is 29.6 Å². The van der Waals surface area contributed by atoms with Crippen LogP contribution in [0.4, 0.5) is 10.1 Å². The van der Waals surface area contributed by atoms with Gasteiger partial charge < -0.3 is 4.57 Å². The van der Waals surface area contributed by atoms with Crippen molar-refractivity contribution >= 4 is 43.2 Å². The van der Waals surface area contributed by atoms with Gasteiger partial charge in [0.1, 0.15) is 5.82 Å². The number of nitro benzene ring substituents is 1. The minimum Gasteiger partial charge on any atom is -0.317 e. The third-order valence-electron chi connectivity index (χ3n) is 5.65. The summed E-state index contributed by atoms with van der Waals surface area (Å²) in [7, 11) is -3.76. The van der Waals surface area contributed by atoms with Crippen LogP contribution in [-0.2, 0) is 21.4 Å². The number of amides is 1. The van der Waals surface area contributed by atoms with E-state index in [1.807, 2.05) is 11.5 Å². The molecule has 0 atom stereocenters. The summed E-state index contributed by atoms with van der Waals surface area (Å²) in [6.45, 7) is 2.77. The van der Waals surface area contributed by atoms with Gasteiger partial charge in [0.15, 0.2) is 4.80 Å². The first-order valence-electron chi connectivity index (χ1n) is 10.3. The van der Waals surface area contributed by atoms with Crippen molar-refractivity contribution in [1.29, 1.82) is 0 Å². The normalized spacial score (nSPS) is 16.4. The summed E-state index contributed by atoms with van der Waals surface area (Å²) in [4.78, 5) is 28.2. The molecule has 4 rings (SSSR count). The lowest BCUT2D eigenvalue weighted by atomic mass is 9.98. The summed E-state index contributed by atoms with van der Waals surface area (Å²) in [6.07, 6.45) is 0.649. The van der Waals surface area contributed by atoms with E-state index >= 15 is 0 Å². The zero-order chi connectivity index (χ0) is 23.8. The second kappa shape index (κ2) is 9.12. The van der Waals surface area contributed by atoms with Crippen LogP contribution < -0.4 is 4.80 Å². The third kappa shape index (κ3) is 4.59. The number of nitrogens with zero attached hydrogens (tertiary/aromatic N) is 4. The van der Waals surface area contributed by atoms with E-state index in [4.69, 9.17) is 0 Å². The number of rotatable bonds is 5. The van der Waals surface area contributed by atoms with Crippen molar-refractivity contribution in [2.24, 2.45) is 10.9 Å². The molecule has 0 aliphatic carbocycles. The standard InChI is InChI=1S/C21H21FN4O5S2/c1-2-25-18-8-5-16(26(28)29)13-19(18)32-21(25)23-20(27)14-9-11-24(12-10-14)33(30,31)17-6-3-15(22)4-7-17/h3-8,13-14H,2,9-12H2,1H3. The number of nitro groups is 1. The number of piperidine rings is 1. The maximum atomic E-state index is 13.1. The summed E-state index contributed by atoms with van der Waals surface area (Å²) < 4.78 is 42.5. The third-order valence-corrected chi connectivity index (χ3v) is 8.61. The molecule has 12 heteroatoms. The molecule has 0 radical (unpaired) electrons. The highest BCUT2D eigenvalue weighted by molar-refractivity contribution is 7.89. The predicted molar refractivity (Wildman–Crippen MR) is 121 cm³/mol. The molecule has 1 aliphatic rings. The van der Waals surface area contributed by atoms with Crippen LogP contribution in [-0.4, -0.2) is 41.2 Å². The van der Waals surface area contributed by atoms with Crippen molar-refractivity contribution in [3.63, 3.8) is 0 Å². The average Bonchev–Trinajstić information content (AvgIpc) is 3.15. The van der Waals surface area contributed by atoms with Gasteiger partial charge in [-0.15, -0.1) is 0 Å². The highest BCUT2D eigenvalue weighted by atomic mass is 32.2. The van der Waals surface area contributed by atoms with Gasteiger partial charge in [-0.1, -0.05) is 11.3 Å². The quantitative estimate of drug-likeness (QED) is 0.400. The van der Waals surface area contributed by atoms with E-state index in [2.05, 4.69) is 4.99 Å². The van der Waals surface area contributed by atoms with Crippen molar-refractivity contribution in [2.75, 3.05) is 13.1 Å². The van der Waals surface area contributed by atoms with Crippen LogP contribution in [0.1, 0.15) is 19.8 Å². The highest BCUT2D eigenvalue weighted by Crippen LogP contribution is 2.26. The maximum Gasteiger partial charge on any atom is 0.270 e. The molecule has 1 aromatic heterocycles. The number of halogens is 1. The fourth-order valence-corrected chi connectivity index (χ4v) is 6.45. The van der Waals surface area contributed by atoms with Gasteiger partial charge in [-0.2, -0.15) is 9.30 Å². The van der Waals surface area contributed by atoms with Crippen LogP contribution >= 0.6 is 11.3 Å². The van der Waals surface area contributed by atoms with E-state index in [1.165, 1.54) is 39.9 Å². The van der Waals surface area contributed by atoms with Crippen LogP contribution in [0.25, 0.3) is 10.2 Å². The summed E-state index contributed by atoms with van der Waals surface area (Å²) >= 11 is 1.21. The molecule has 33 heavy (non-hydrogen) atoms.